The van der Waals surface area contributed by atoms with E-state index in [0.29, 0.717) is 12.1 Å². The Morgan fingerprint density at radius 3 is 2.52 bits per heavy atom. The van der Waals surface area contributed by atoms with Gasteiger partial charge in [0.05, 0.1) is 23.5 Å². The summed E-state index contributed by atoms with van der Waals surface area (Å²) in [6.45, 7) is 8.04. The van der Waals surface area contributed by atoms with Gasteiger partial charge in [-0.2, -0.15) is 5.10 Å². The van der Waals surface area contributed by atoms with Crippen LogP contribution in [0.1, 0.15) is 43.3 Å². The monoisotopic (exact) mass is 397 g/mol. The largest absolute Gasteiger partial charge is 0.325 e. The molecule has 2 N–H and O–H groups in total. The summed E-state index contributed by atoms with van der Waals surface area (Å²) in [7, 11) is 0. The van der Waals surface area contributed by atoms with Crippen LogP contribution < -0.4 is 10.6 Å². The van der Waals surface area contributed by atoms with E-state index in [1.807, 2.05) is 62.7 Å². The van der Waals surface area contributed by atoms with Crippen LogP contribution in [0.5, 0.6) is 0 Å². The Balaban J connectivity index is 1.60. The van der Waals surface area contributed by atoms with Crippen molar-refractivity contribution in [3.8, 4) is 0 Å². The first-order valence-electron chi connectivity index (χ1n) is 9.79. The fourth-order valence-corrected chi connectivity index (χ4v) is 3.54. The molecule has 2 heterocycles. The Bertz CT molecular complexity index is 920. The van der Waals surface area contributed by atoms with E-state index in [-0.39, 0.29) is 30.8 Å². The van der Waals surface area contributed by atoms with Crippen LogP contribution in [0.3, 0.4) is 0 Å². The SMILES string of the molecule is Cc1nn(C(C)C)c(C)c1NC(=O)C[C@@H]1NC(=O)N(CCc2ccccc2)C1=O. The van der Waals surface area contributed by atoms with Gasteiger partial charge in [-0.25, -0.2) is 4.79 Å². The topological polar surface area (TPSA) is 96.3 Å². The molecule has 1 fully saturated rings. The second-order valence-electron chi connectivity index (χ2n) is 7.56. The maximum absolute atomic E-state index is 12.6. The number of hydrogen-bond acceptors (Lipinski definition) is 4. The average molecular weight is 397 g/mol. The Morgan fingerprint density at radius 1 is 1.21 bits per heavy atom. The normalized spacial score (nSPS) is 16.4. The lowest BCUT2D eigenvalue weighted by molar-refractivity contribution is -0.129. The Morgan fingerprint density at radius 2 is 1.90 bits per heavy atom. The molecule has 8 heteroatoms. The van der Waals surface area contributed by atoms with Crippen molar-refractivity contribution in [2.45, 2.75) is 52.6 Å². The fraction of sp³-hybridized carbons (Fsp3) is 0.429. The van der Waals surface area contributed by atoms with Crippen LogP contribution in [-0.2, 0) is 16.0 Å². The molecule has 2 aromatic rings. The van der Waals surface area contributed by atoms with Crippen LogP contribution in [0.25, 0.3) is 0 Å². The van der Waals surface area contributed by atoms with Crippen LogP contribution in [0, 0.1) is 13.8 Å². The first-order valence-corrected chi connectivity index (χ1v) is 9.79. The van der Waals surface area contributed by atoms with Gasteiger partial charge in [0.15, 0.2) is 0 Å². The van der Waals surface area contributed by atoms with Crippen molar-refractivity contribution in [3.63, 3.8) is 0 Å². The van der Waals surface area contributed by atoms with E-state index < -0.39 is 12.1 Å². The van der Waals surface area contributed by atoms with Crippen LogP contribution in [0.2, 0.25) is 0 Å². The molecule has 1 saturated heterocycles. The van der Waals surface area contributed by atoms with Gasteiger partial charge in [-0.1, -0.05) is 30.3 Å². The van der Waals surface area contributed by atoms with Gasteiger partial charge in [-0.05, 0) is 39.7 Å². The van der Waals surface area contributed by atoms with Gasteiger partial charge >= 0.3 is 6.03 Å². The maximum atomic E-state index is 12.6. The number of carbonyl (C=O) groups excluding carboxylic acids is 3. The molecule has 1 atom stereocenters. The van der Waals surface area contributed by atoms with Gasteiger partial charge in [0, 0.05) is 12.6 Å². The standard InChI is InChI=1S/C21H27N5O3/c1-13(2)26-15(4)19(14(3)24-26)23-18(27)12-17-20(28)25(21(29)22-17)11-10-16-8-6-5-7-9-16/h5-9,13,17H,10-12H2,1-4H3,(H,22,29)(H,23,27)/t17-/m0/s1. The third-order valence-corrected chi connectivity index (χ3v) is 5.04. The molecule has 0 radical (unpaired) electrons. The molecule has 8 nitrogen and oxygen atoms in total. The van der Waals surface area contributed by atoms with Crippen molar-refractivity contribution in [3.05, 3.63) is 47.3 Å². The van der Waals surface area contributed by atoms with E-state index in [1.54, 1.807) is 0 Å². The summed E-state index contributed by atoms with van der Waals surface area (Å²) in [6, 6.07) is 8.52. The minimum atomic E-state index is -0.848. The summed E-state index contributed by atoms with van der Waals surface area (Å²) < 4.78 is 1.85. The third-order valence-electron chi connectivity index (χ3n) is 5.04. The number of aryl methyl sites for hydroxylation is 1. The molecule has 154 valence electrons. The number of rotatable bonds is 7. The number of imide groups is 1. The summed E-state index contributed by atoms with van der Waals surface area (Å²) in [5, 5.41) is 9.90. The highest BCUT2D eigenvalue weighted by Gasteiger charge is 2.38. The number of amides is 4. The summed E-state index contributed by atoms with van der Waals surface area (Å²) in [4.78, 5) is 38.5. The second-order valence-corrected chi connectivity index (χ2v) is 7.56. The molecule has 29 heavy (non-hydrogen) atoms. The number of carbonyl (C=O) groups is 3. The number of hydrogen-bond donors (Lipinski definition) is 2. The molecule has 0 bridgehead atoms. The van der Waals surface area contributed by atoms with E-state index in [9.17, 15) is 14.4 Å². The van der Waals surface area contributed by atoms with Crippen molar-refractivity contribution in [2.75, 3.05) is 11.9 Å². The predicted molar refractivity (Wildman–Crippen MR) is 110 cm³/mol. The molecule has 4 amide bonds. The molecule has 1 aromatic heterocycles. The van der Waals surface area contributed by atoms with E-state index in [1.165, 1.54) is 4.90 Å². The van der Waals surface area contributed by atoms with Crippen molar-refractivity contribution in [1.29, 1.82) is 0 Å². The Hall–Kier alpha value is -3.16. The van der Waals surface area contributed by atoms with E-state index >= 15 is 0 Å². The number of aromatic nitrogens is 2. The van der Waals surface area contributed by atoms with Crippen molar-refractivity contribution < 1.29 is 14.4 Å². The first-order chi connectivity index (χ1) is 13.8. The number of benzene rings is 1. The minimum Gasteiger partial charge on any atom is -0.325 e. The van der Waals surface area contributed by atoms with Crippen LogP contribution in [-0.4, -0.2) is 45.1 Å². The third kappa shape index (κ3) is 4.47. The van der Waals surface area contributed by atoms with Gasteiger partial charge in [0.1, 0.15) is 6.04 Å². The summed E-state index contributed by atoms with van der Waals surface area (Å²) >= 11 is 0. The molecule has 0 spiro atoms. The molecule has 0 unspecified atom stereocenters. The van der Waals surface area contributed by atoms with Gasteiger partial charge in [0.25, 0.3) is 5.91 Å². The van der Waals surface area contributed by atoms with Gasteiger partial charge in [-0.3, -0.25) is 19.2 Å². The van der Waals surface area contributed by atoms with Crippen molar-refractivity contribution in [1.82, 2.24) is 20.0 Å². The fourth-order valence-electron chi connectivity index (χ4n) is 3.54. The zero-order valence-corrected chi connectivity index (χ0v) is 17.2. The lowest BCUT2D eigenvalue weighted by Crippen LogP contribution is -2.35. The van der Waals surface area contributed by atoms with Crippen LogP contribution in [0.4, 0.5) is 10.5 Å². The van der Waals surface area contributed by atoms with Crippen LogP contribution in [0.15, 0.2) is 30.3 Å². The number of nitrogens with zero attached hydrogens (tertiary/aromatic N) is 3. The highest BCUT2D eigenvalue weighted by atomic mass is 16.2. The number of urea groups is 1. The number of nitrogens with one attached hydrogen (secondary N) is 2. The zero-order chi connectivity index (χ0) is 21.1. The average Bonchev–Trinajstić information content (AvgIpc) is 3.11. The van der Waals surface area contributed by atoms with E-state index in [2.05, 4.69) is 15.7 Å². The maximum Gasteiger partial charge on any atom is 0.324 e. The Labute approximate surface area is 170 Å². The van der Waals surface area contributed by atoms with E-state index in [0.717, 1.165) is 17.0 Å². The lowest BCUT2D eigenvalue weighted by atomic mass is 10.1. The summed E-state index contributed by atoms with van der Waals surface area (Å²) in [5.74, 6) is -0.699. The van der Waals surface area contributed by atoms with Crippen molar-refractivity contribution >= 4 is 23.5 Å². The van der Waals surface area contributed by atoms with Gasteiger partial charge < -0.3 is 10.6 Å². The van der Waals surface area contributed by atoms with Gasteiger partial charge in [0.2, 0.25) is 5.91 Å². The highest BCUT2D eigenvalue weighted by Crippen LogP contribution is 2.23. The second kappa shape index (κ2) is 8.46. The highest BCUT2D eigenvalue weighted by molar-refractivity contribution is 6.07. The quantitative estimate of drug-likeness (QED) is 0.702. The molecule has 1 aliphatic heterocycles. The predicted octanol–water partition coefficient (Wildman–Crippen LogP) is 2.57. The minimum absolute atomic E-state index is 0.113. The van der Waals surface area contributed by atoms with Crippen LogP contribution >= 0.6 is 0 Å². The molecule has 3 rings (SSSR count). The number of anilines is 1. The molecule has 1 aromatic carbocycles. The summed E-state index contributed by atoms with van der Waals surface area (Å²) in [5.41, 5.74) is 3.27. The Kier molecular flexibility index (Phi) is 6.00. The lowest BCUT2D eigenvalue weighted by Gasteiger charge is -2.13. The first kappa shape index (κ1) is 20.6. The molecule has 1 aliphatic rings. The molecular formula is C21H27N5O3. The van der Waals surface area contributed by atoms with E-state index in [4.69, 9.17) is 0 Å². The van der Waals surface area contributed by atoms with Crippen molar-refractivity contribution in [2.24, 2.45) is 0 Å². The summed E-state index contributed by atoms with van der Waals surface area (Å²) in [6.07, 6.45) is 0.462. The molecular weight excluding hydrogens is 370 g/mol. The van der Waals surface area contributed by atoms with Gasteiger partial charge in [-0.15, -0.1) is 0 Å². The molecule has 0 aliphatic carbocycles. The smallest absolute Gasteiger partial charge is 0.324 e. The molecule has 0 saturated carbocycles. The zero-order valence-electron chi connectivity index (χ0n) is 17.2.